The zero-order valence-electron chi connectivity index (χ0n) is 15.6. The fraction of sp³-hybridized carbons (Fsp3) is 0.389. The molecule has 10 heteroatoms. The number of hydrogen-bond acceptors (Lipinski definition) is 7. The van der Waals surface area contributed by atoms with Gasteiger partial charge in [0.25, 0.3) is 5.56 Å². The molecule has 4 aromatic heterocycles. The van der Waals surface area contributed by atoms with Crippen LogP contribution in [-0.4, -0.2) is 28.7 Å². The maximum Gasteiger partial charge on any atom is 0.332 e. The lowest BCUT2D eigenvalue weighted by Gasteiger charge is -2.11. The number of nitrogens with two attached hydrogens (primary N) is 1. The maximum absolute atomic E-state index is 12.6. The molecule has 0 aliphatic heterocycles. The summed E-state index contributed by atoms with van der Waals surface area (Å²) in [5.41, 5.74) is 7.47. The highest BCUT2D eigenvalue weighted by atomic mass is 32.1. The van der Waals surface area contributed by atoms with E-state index in [2.05, 4.69) is 9.97 Å². The summed E-state index contributed by atoms with van der Waals surface area (Å²) in [6.07, 6.45) is 6.00. The first-order valence-corrected chi connectivity index (χ1v) is 9.95. The van der Waals surface area contributed by atoms with E-state index in [-0.39, 0.29) is 6.54 Å². The van der Waals surface area contributed by atoms with Gasteiger partial charge in [-0.05, 0) is 31.2 Å². The third-order valence-corrected chi connectivity index (χ3v) is 6.60. The molecule has 0 amide bonds. The molecule has 144 valence electrons. The van der Waals surface area contributed by atoms with Crippen LogP contribution in [0.15, 0.2) is 15.9 Å². The van der Waals surface area contributed by atoms with Crippen LogP contribution in [0.5, 0.6) is 0 Å². The van der Waals surface area contributed by atoms with Gasteiger partial charge in [-0.3, -0.25) is 13.9 Å². The van der Waals surface area contributed by atoms with E-state index >= 15 is 0 Å². The quantitative estimate of drug-likeness (QED) is 0.539. The molecule has 4 aromatic rings. The first-order chi connectivity index (χ1) is 13.5. The van der Waals surface area contributed by atoms with Crippen molar-refractivity contribution in [3.63, 3.8) is 0 Å². The van der Waals surface area contributed by atoms with Crippen molar-refractivity contribution in [2.75, 3.05) is 5.73 Å². The topological polar surface area (TPSA) is 114 Å². The molecule has 0 atom stereocenters. The Bertz CT molecular complexity index is 1380. The zero-order chi connectivity index (χ0) is 19.6. The molecular weight excluding hydrogens is 378 g/mol. The Labute approximate surface area is 163 Å². The van der Waals surface area contributed by atoms with Crippen LogP contribution in [-0.2, 0) is 33.5 Å². The molecule has 0 fully saturated rings. The average Bonchev–Trinajstić information content (AvgIpc) is 3.26. The van der Waals surface area contributed by atoms with E-state index in [0.29, 0.717) is 22.8 Å². The number of anilines is 1. The Morgan fingerprint density at radius 3 is 2.75 bits per heavy atom. The highest BCUT2D eigenvalue weighted by Gasteiger charge is 2.21. The molecule has 1 aliphatic carbocycles. The molecule has 0 saturated carbocycles. The third kappa shape index (κ3) is 2.34. The molecule has 5 rings (SSSR count). The van der Waals surface area contributed by atoms with Crippen LogP contribution >= 0.6 is 11.3 Å². The second-order valence-electron chi connectivity index (χ2n) is 7.17. The largest absolute Gasteiger partial charge is 0.383 e. The van der Waals surface area contributed by atoms with Gasteiger partial charge in [-0.1, -0.05) is 0 Å². The predicted molar refractivity (Wildman–Crippen MR) is 108 cm³/mol. The lowest BCUT2D eigenvalue weighted by Crippen LogP contribution is -2.37. The number of imidazole rings is 1. The van der Waals surface area contributed by atoms with E-state index in [1.165, 1.54) is 41.2 Å². The molecule has 4 heterocycles. The first kappa shape index (κ1) is 17.1. The van der Waals surface area contributed by atoms with Crippen LogP contribution in [0.1, 0.15) is 29.1 Å². The molecule has 0 unspecified atom stereocenters. The molecule has 0 spiro atoms. The van der Waals surface area contributed by atoms with Crippen molar-refractivity contribution in [1.82, 2.24) is 28.7 Å². The summed E-state index contributed by atoms with van der Waals surface area (Å²) in [4.78, 5) is 40.4. The number of nitrogens with zero attached hydrogens (tertiary/aromatic N) is 6. The molecule has 1 aliphatic rings. The number of fused-ring (bicyclic) bond motifs is 4. The van der Waals surface area contributed by atoms with Crippen molar-refractivity contribution in [3.05, 3.63) is 43.4 Å². The van der Waals surface area contributed by atoms with Gasteiger partial charge in [0.2, 0.25) is 0 Å². The van der Waals surface area contributed by atoms with Gasteiger partial charge < -0.3 is 10.3 Å². The van der Waals surface area contributed by atoms with Crippen LogP contribution in [0, 0.1) is 0 Å². The normalized spacial score (nSPS) is 14.1. The van der Waals surface area contributed by atoms with Gasteiger partial charge >= 0.3 is 5.69 Å². The van der Waals surface area contributed by atoms with Gasteiger partial charge in [0.05, 0.1) is 18.3 Å². The van der Waals surface area contributed by atoms with E-state index in [0.717, 1.165) is 27.6 Å². The summed E-state index contributed by atoms with van der Waals surface area (Å²) < 4.78 is 4.11. The zero-order valence-corrected chi connectivity index (χ0v) is 16.4. The van der Waals surface area contributed by atoms with Crippen molar-refractivity contribution in [1.29, 1.82) is 0 Å². The molecule has 28 heavy (non-hydrogen) atoms. The van der Waals surface area contributed by atoms with Crippen LogP contribution in [0.4, 0.5) is 5.82 Å². The Morgan fingerprint density at radius 2 is 1.93 bits per heavy atom. The van der Waals surface area contributed by atoms with Crippen LogP contribution < -0.4 is 17.0 Å². The van der Waals surface area contributed by atoms with Crippen molar-refractivity contribution in [3.8, 4) is 0 Å². The van der Waals surface area contributed by atoms with Gasteiger partial charge in [0.1, 0.15) is 10.6 Å². The summed E-state index contributed by atoms with van der Waals surface area (Å²) in [5.74, 6) is 1.02. The number of thiophene rings is 1. The summed E-state index contributed by atoms with van der Waals surface area (Å²) >= 11 is 1.69. The Kier molecular flexibility index (Phi) is 3.66. The van der Waals surface area contributed by atoms with Gasteiger partial charge in [-0.15, -0.1) is 11.3 Å². The fourth-order valence-electron chi connectivity index (χ4n) is 3.97. The van der Waals surface area contributed by atoms with Gasteiger partial charge in [0.15, 0.2) is 17.0 Å². The SMILES string of the molecule is Cn1c(=O)c2c(ncn2Cc2nc(N)c3c4c(sc3n2)CCCC4)n(C)c1=O. The fourth-order valence-corrected chi connectivity index (χ4v) is 5.26. The van der Waals surface area contributed by atoms with Crippen molar-refractivity contribution >= 4 is 38.5 Å². The van der Waals surface area contributed by atoms with Crippen molar-refractivity contribution < 1.29 is 0 Å². The van der Waals surface area contributed by atoms with Crippen LogP contribution in [0.2, 0.25) is 0 Å². The predicted octanol–water partition coefficient (Wildman–Crippen LogP) is 0.948. The molecular formula is C18H19N7O2S. The van der Waals surface area contributed by atoms with E-state index in [9.17, 15) is 9.59 Å². The van der Waals surface area contributed by atoms with Crippen molar-refractivity contribution in [2.24, 2.45) is 14.1 Å². The molecule has 2 N–H and O–H groups in total. The average molecular weight is 397 g/mol. The number of rotatable bonds is 2. The number of aromatic nitrogens is 6. The Balaban J connectivity index is 1.65. The minimum atomic E-state index is -0.408. The summed E-state index contributed by atoms with van der Waals surface area (Å²) in [7, 11) is 3.05. The van der Waals surface area contributed by atoms with Crippen LogP contribution in [0.25, 0.3) is 21.4 Å². The highest BCUT2D eigenvalue weighted by Crippen LogP contribution is 2.37. The second kappa shape index (κ2) is 5.99. The monoisotopic (exact) mass is 397 g/mol. The standard InChI is InChI=1S/C18H19N7O2S/c1-23-15-13(17(26)24(2)18(23)27)25(8-20-15)7-11-21-14(19)12-9-5-3-4-6-10(9)28-16(12)22-11/h8H,3-7H2,1-2H3,(H2,19,21,22). The second-order valence-corrected chi connectivity index (χ2v) is 8.25. The van der Waals surface area contributed by atoms with E-state index in [1.807, 2.05) is 0 Å². The van der Waals surface area contributed by atoms with Gasteiger partial charge in [-0.25, -0.2) is 19.7 Å². The Hall–Kier alpha value is -3.01. The lowest BCUT2D eigenvalue weighted by atomic mass is 9.97. The number of hydrogen-bond donors (Lipinski definition) is 1. The molecule has 0 radical (unpaired) electrons. The summed E-state index contributed by atoms with van der Waals surface area (Å²) in [6.45, 7) is 0.257. The third-order valence-electron chi connectivity index (χ3n) is 5.42. The maximum atomic E-state index is 12.6. The Morgan fingerprint density at radius 1 is 1.14 bits per heavy atom. The van der Waals surface area contributed by atoms with Gasteiger partial charge in [0, 0.05) is 19.0 Å². The van der Waals surface area contributed by atoms with E-state index in [1.54, 1.807) is 23.0 Å². The summed E-state index contributed by atoms with van der Waals surface area (Å²) in [5, 5.41) is 0.984. The minimum absolute atomic E-state index is 0.257. The van der Waals surface area contributed by atoms with E-state index in [4.69, 9.17) is 10.7 Å². The smallest absolute Gasteiger partial charge is 0.332 e. The van der Waals surface area contributed by atoms with Crippen molar-refractivity contribution in [2.45, 2.75) is 32.2 Å². The number of aryl methyl sites for hydroxylation is 3. The molecule has 0 bridgehead atoms. The highest BCUT2D eigenvalue weighted by molar-refractivity contribution is 7.19. The summed E-state index contributed by atoms with van der Waals surface area (Å²) in [6, 6.07) is 0. The molecule has 9 nitrogen and oxygen atoms in total. The molecule has 0 aromatic carbocycles. The van der Waals surface area contributed by atoms with Crippen LogP contribution in [0.3, 0.4) is 0 Å². The first-order valence-electron chi connectivity index (χ1n) is 9.13. The lowest BCUT2D eigenvalue weighted by molar-refractivity contribution is 0.698. The molecule has 0 saturated heterocycles. The van der Waals surface area contributed by atoms with Gasteiger partial charge in [-0.2, -0.15) is 0 Å². The van der Waals surface area contributed by atoms with E-state index < -0.39 is 11.2 Å². The minimum Gasteiger partial charge on any atom is -0.383 e. The number of nitrogen functional groups attached to an aromatic ring is 1.